The lowest BCUT2D eigenvalue weighted by Gasteiger charge is -2.58. The smallest absolute Gasteiger partial charge is 0.135 e. The maximum Gasteiger partial charge on any atom is 0.135 e. The van der Waals surface area contributed by atoms with E-state index in [-0.39, 0.29) is 11.3 Å². The quantitative estimate of drug-likeness (QED) is 0.562. The van der Waals surface area contributed by atoms with Gasteiger partial charge in [0.15, 0.2) is 0 Å². The third kappa shape index (κ3) is 3.62. The predicted octanol–water partition coefficient (Wildman–Crippen LogP) is 5.01. The summed E-state index contributed by atoms with van der Waals surface area (Å²) < 4.78 is 6.14. The highest BCUT2D eigenvalue weighted by molar-refractivity contribution is 5.45. The van der Waals surface area contributed by atoms with E-state index >= 15 is 0 Å². The number of aryl methyl sites for hydroxylation is 2. The van der Waals surface area contributed by atoms with Crippen molar-refractivity contribution in [1.29, 1.82) is 0 Å². The van der Waals surface area contributed by atoms with Crippen molar-refractivity contribution in [3.63, 3.8) is 0 Å². The number of hydrogen-bond acceptors (Lipinski definition) is 5. The molecule has 3 unspecified atom stereocenters. The zero-order valence-corrected chi connectivity index (χ0v) is 20.3. The predicted molar refractivity (Wildman–Crippen MR) is 132 cm³/mol. The van der Waals surface area contributed by atoms with E-state index in [2.05, 4.69) is 35.1 Å². The fourth-order valence-corrected chi connectivity index (χ4v) is 6.48. The van der Waals surface area contributed by atoms with E-state index in [1.54, 1.807) is 19.3 Å². The van der Waals surface area contributed by atoms with Crippen LogP contribution in [0, 0.1) is 12.8 Å². The normalized spacial score (nSPS) is 30.3. The van der Waals surface area contributed by atoms with Crippen LogP contribution in [0.4, 0.5) is 0 Å². The van der Waals surface area contributed by atoms with Gasteiger partial charge in [-0.15, -0.1) is 0 Å². The highest BCUT2D eigenvalue weighted by Crippen LogP contribution is 2.59. The van der Waals surface area contributed by atoms with E-state index in [0.29, 0.717) is 25.1 Å². The summed E-state index contributed by atoms with van der Waals surface area (Å²) in [6.45, 7) is 6.47. The average molecular weight is 459 g/mol. The summed E-state index contributed by atoms with van der Waals surface area (Å²) >= 11 is 0. The van der Waals surface area contributed by atoms with Crippen LogP contribution in [0.3, 0.4) is 0 Å². The first-order chi connectivity index (χ1) is 16.3. The minimum Gasteiger partial charge on any atom is -0.489 e. The molecule has 2 aromatic heterocycles. The number of fused-ring (bicyclic) bond motifs is 3. The number of hydrogen-bond donors (Lipinski definition) is 2. The molecule has 1 fully saturated rings. The van der Waals surface area contributed by atoms with Gasteiger partial charge in [-0.25, -0.2) is 0 Å². The second-order valence-electron chi connectivity index (χ2n) is 10.3. The van der Waals surface area contributed by atoms with Gasteiger partial charge >= 0.3 is 0 Å². The van der Waals surface area contributed by atoms with Gasteiger partial charge in [0, 0.05) is 29.1 Å². The van der Waals surface area contributed by atoms with Gasteiger partial charge in [0.2, 0.25) is 0 Å². The Hall–Kier alpha value is -2.76. The number of aromatic nitrogens is 2. The van der Waals surface area contributed by atoms with Gasteiger partial charge in [-0.1, -0.05) is 25.1 Å². The zero-order chi connectivity index (χ0) is 24.0. The molecule has 0 radical (unpaired) electrons. The lowest BCUT2D eigenvalue weighted by molar-refractivity contribution is -0.207. The summed E-state index contributed by atoms with van der Waals surface area (Å²) in [5, 5.41) is 23.5. The van der Waals surface area contributed by atoms with Gasteiger partial charge in [-0.05, 0) is 93.3 Å². The Kier molecular flexibility index (Phi) is 5.73. The lowest BCUT2D eigenvalue weighted by Crippen LogP contribution is -2.62. The fourth-order valence-electron chi connectivity index (χ4n) is 6.48. The van der Waals surface area contributed by atoms with Crippen LogP contribution in [0.2, 0.25) is 0 Å². The summed E-state index contributed by atoms with van der Waals surface area (Å²) in [7, 11) is 0. The molecule has 2 aliphatic carbocycles. The number of rotatable bonds is 5. The van der Waals surface area contributed by atoms with Crippen molar-refractivity contribution in [2.24, 2.45) is 5.92 Å². The Balaban J connectivity index is 1.45. The first-order valence-electron chi connectivity index (χ1n) is 12.3. The molecule has 1 saturated carbocycles. The van der Waals surface area contributed by atoms with E-state index in [4.69, 9.17) is 4.74 Å². The molecular formula is C29H34N2O3. The Morgan fingerprint density at radius 1 is 1.06 bits per heavy atom. The monoisotopic (exact) mass is 458 g/mol. The van der Waals surface area contributed by atoms with Crippen LogP contribution in [0.15, 0.2) is 60.9 Å². The molecule has 0 bridgehead atoms. The molecule has 0 aliphatic heterocycles. The van der Waals surface area contributed by atoms with Crippen LogP contribution >= 0.6 is 0 Å². The molecule has 5 nitrogen and oxygen atoms in total. The van der Waals surface area contributed by atoms with Gasteiger partial charge in [-0.3, -0.25) is 9.97 Å². The third-order valence-electron chi connectivity index (χ3n) is 8.48. The van der Waals surface area contributed by atoms with Crippen molar-refractivity contribution in [2.75, 3.05) is 0 Å². The Labute approximate surface area is 201 Å². The van der Waals surface area contributed by atoms with E-state index < -0.39 is 11.2 Å². The molecule has 0 amide bonds. The lowest BCUT2D eigenvalue weighted by atomic mass is 9.49. The van der Waals surface area contributed by atoms with Crippen LogP contribution in [-0.4, -0.2) is 25.8 Å². The van der Waals surface area contributed by atoms with Gasteiger partial charge < -0.3 is 14.9 Å². The third-order valence-corrected chi connectivity index (χ3v) is 8.48. The van der Waals surface area contributed by atoms with Gasteiger partial charge in [-0.2, -0.15) is 0 Å². The van der Waals surface area contributed by atoms with Crippen LogP contribution in [0.5, 0.6) is 5.75 Å². The van der Waals surface area contributed by atoms with Crippen LogP contribution < -0.4 is 4.74 Å². The minimum absolute atomic E-state index is 0.184. The molecule has 3 aromatic rings. The first-order valence-corrected chi connectivity index (χ1v) is 12.3. The number of benzene rings is 1. The molecule has 4 atom stereocenters. The molecular weight excluding hydrogens is 424 g/mol. The highest BCUT2D eigenvalue weighted by Gasteiger charge is 2.61. The largest absolute Gasteiger partial charge is 0.489 e. The molecule has 0 spiro atoms. The molecule has 34 heavy (non-hydrogen) atoms. The minimum atomic E-state index is -1.36. The Bertz CT molecular complexity index is 1180. The highest BCUT2D eigenvalue weighted by atomic mass is 16.5. The molecule has 5 rings (SSSR count). The standard InChI is InChI=1S/C29H34N2O3/c1-4-28-19-27(3,32)29(33,26-9-5-6-14-31-26)17-23(28)11-10-21-16-24(12-13-25(21)28)34-18-22-8-7-15-30-20(22)2/h5-9,12-16,23,32-33H,4,10-11,17-19H2,1-3H3/t23-,27?,28?,29?/m1/s1. The van der Waals surface area contributed by atoms with Gasteiger partial charge in [0.05, 0.1) is 11.3 Å². The number of ether oxygens (including phenoxy) is 1. The summed E-state index contributed by atoms with van der Waals surface area (Å²) in [5.41, 5.74) is 2.37. The molecule has 0 saturated heterocycles. The molecule has 2 heterocycles. The van der Waals surface area contributed by atoms with E-state index in [1.807, 2.05) is 37.3 Å². The summed E-state index contributed by atoms with van der Waals surface area (Å²) in [6.07, 6.45) is 7.30. The topological polar surface area (TPSA) is 75.5 Å². The molecule has 178 valence electrons. The van der Waals surface area contributed by atoms with Crippen LogP contribution in [0.1, 0.15) is 67.6 Å². The summed E-state index contributed by atoms with van der Waals surface area (Å²) in [4.78, 5) is 8.78. The maximum absolute atomic E-state index is 11.8. The van der Waals surface area contributed by atoms with Crippen molar-refractivity contribution in [3.05, 3.63) is 89.0 Å². The molecule has 2 aliphatic rings. The van der Waals surface area contributed by atoms with E-state index in [9.17, 15) is 10.2 Å². The summed E-state index contributed by atoms with van der Waals surface area (Å²) in [5.74, 6) is 1.13. The molecule has 5 heteroatoms. The summed E-state index contributed by atoms with van der Waals surface area (Å²) in [6, 6.07) is 15.9. The zero-order valence-electron chi connectivity index (χ0n) is 20.3. The number of pyridine rings is 2. The average Bonchev–Trinajstić information content (AvgIpc) is 2.84. The second kappa shape index (κ2) is 8.47. The molecule has 1 aromatic carbocycles. The van der Waals surface area contributed by atoms with Crippen molar-refractivity contribution in [2.45, 2.75) is 76.1 Å². The Morgan fingerprint density at radius 2 is 1.88 bits per heavy atom. The number of nitrogens with zero attached hydrogens (tertiary/aromatic N) is 2. The Morgan fingerprint density at radius 3 is 2.62 bits per heavy atom. The van der Waals surface area contributed by atoms with Crippen LogP contribution in [0.25, 0.3) is 0 Å². The van der Waals surface area contributed by atoms with Crippen LogP contribution in [-0.2, 0) is 24.0 Å². The van der Waals surface area contributed by atoms with E-state index in [1.165, 1.54) is 11.1 Å². The maximum atomic E-state index is 11.8. The molecule has 2 N–H and O–H groups in total. The van der Waals surface area contributed by atoms with Crippen molar-refractivity contribution >= 4 is 0 Å². The first kappa shape index (κ1) is 23.0. The second-order valence-corrected chi connectivity index (χ2v) is 10.3. The SMILES string of the molecule is CCC12CC(C)(O)C(O)(c3ccccn3)C[C@H]1CCc1cc(OCc3cccnc3C)ccc12. The van der Waals surface area contributed by atoms with Crippen molar-refractivity contribution < 1.29 is 14.9 Å². The van der Waals surface area contributed by atoms with E-state index in [0.717, 1.165) is 36.3 Å². The van der Waals surface area contributed by atoms with Crippen molar-refractivity contribution in [1.82, 2.24) is 9.97 Å². The number of aliphatic hydroxyl groups is 2. The van der Waals surface area contributed by atoms with Gasteiger partial charge in [0.1, 0.15) is 18.0 Å². The fraction of sp³-hybridized carbons (Fsp3) is 0.448. The van der Waals surface area contributed by atoms with Gasteiger partial charge in [0.25, 0.3) is 0 Å². The van der Waals surface area contributed by atoms with Crippen molar-refractivity contribution in [3.8, 4) is 5.75 Å².